The summed E-state index contributed by atoms with van der Waals surface area (Å²) in [7, 11) is 0. The van der Waals surface area contributed by atoms with E-state index >= 15 is 0 Å². The standard InChI is InChI=1S/C16H10N2O/c19-16-12-3-1-2-4-14(12)18-15-11-7-8-17-9-10(11)5-6-13(15)16/h1-9H,(H,18,19). The molecule has 0 aliphatic rings. The molecule has 0 spiro atoms. The summed E-state index contributed by atoms with van der Waals surface area (Å²) in [5.41, 5.74) is 1.82. The van der Waals surface area contributed by atoms with Crippen LogP contribution in [0, 0.1) is 0 Å². The molecule has 2 heterocycles. The van der Waals surface area contributed by atoms with Gasteiger partial charge in [0.2, 0.25) is 0 Å². The third-order valence-electron chi connectivity index (χ3n) is 3.50. The number of aromatic nitrogens is 2. The van der Waals surface area contributed by atoms with Gasteiger partial charge in [0.25, 0.3) is 0 Å². The van der Waals surface area contributed by atoms with Gasteiger partial charge in [-0.2, -0.15) is 0 Å². The highest BCUT2D eigenvalue weighted by molar-refractivity contribution is 6.07. The highest BCUT2D eigenvalue weighted by Gasteiger charge is 2.07. The molecule has 4 rings (SSSR count). The van der Waals surface area contributed by atoms with Crippen molar-refractivity contribution in [2.75, 3.05) is 0 Å². The van der Waals surface area contributed by atoms with Gasteiger partial charge in [0, 0.05) is 39.5 Å². The van der Waals surface area contributed by atoms with E-state index < -0.39 is 0 Å². The first kappa shape index (κ1) is 10.3. The van der Waals surface area contributed by atoms with Crippen LogP contribution in [0.15, 0.2) is 59.7 Å². The number of pyridine rings is 2. The second kappa shape index (κ2) is 3.65. The molecule has 19 heavy (non-hydrogen) atoms. The Balaban J connectivity index is 2.36. The summed E-state index contributed by atoms with van der Waals surface area (Å²) < 4.78 is 0. The van der Waals surface area contributed by atoms with Crippen LogP contribution < -0.4 is 5.43 Å². The van der Waals surface area contributed by atoms with Crippen molar-refractivity contribution in [3.05, 3.63) is 65.1 Å². The number of fused-ring (bicyclic) bond motifs is 4. The van der Waals surface area contributed by atoms with Crippen molar-refractivity contribution in [1.82, 2.24) is 9.97 Å². The van der Waals surface area contributed by atoms with E-state index in [9.17, 15) is 4.79 Å². The fraction of sp³-hybridized carbons (Fsp3) is 0. The van der Waals surface area contributed by atoms with E-state index in [-0.39, 0.29) is 5.43 Å². The molecule has 0 bridgehead atoms. The Morgan fingerprint density at radius 2 is 1.79 bits per heavy atom. The van der Waals surface area contributed by atoms with E-state index in [1.807, 2.05) is 48.7 Å². The number of aromatic amines is 1. The molecule has 1 N–H and O–H groups in total. The van der Waals surface area contributed by atoms with E-state index in [0.29, 0.717) is 0 Å². The number of nitrogens with zero attached hydrogens (tertiary/aromatic N) is 1. The fourth-order valence-electron chi connectivity index (χ4n) is 2.56. The monoisotopic (exact) mass is 246 g/mol. The minimum atomic E-state index is 0.0723. The zero-order chi connectivity index (χ0) is 12.8. The van der Waals surface area contributed by atoms with Gasteiger partial charge in [-0.05, 0) is 24.3 Å². The van der Waals surface area contributed by atoms with Crippen molar-refractivity contribution in [3.63, 3.8) is 0 Å². The quantitative estimate of drug-likeness (QED) is 0.382. The summed E-state index contributed by atoms with van der Waals surface area (Å²) in [6.07, 6.45) is 3.55. The second-order valence-electron chi connectivity index (χ2n) is 4.58. The molecule has 0 atom stereocenters. The summed E-state index contributed by atoms with van der Waals surface area (Å²) in [5.74, 6) is 0. The van der Waals surface area contributed by atoms with E-state index in [1.165, 1.54) is 0 Å². The smallest absolute Gasteiger partial charge is 0.197 e. The number of hydrogen-bond acceptors (Lipinski definition) is 2. The lowest BCUT2D eigenvalue weighted by molar-refractivity contribution is 1.36. The molecule has 0 saturated carbocycles. The molecule has 4 aromatic rings. The zero-order valence-electron chi connectivity index (χ0n) is 10.1. The Kier molecular flexibility index (Phi) is 1.97. The first-order valence-electron chi connectivity index (χ1n) is 6.12. The molecule has 0 aliphatic carbocycles. The van der Waals surface area contributed by atoms with Crippen molar-refractivity contribution in [2.45, 2.75) is 0 Å². The molecule has 0 amide bonds. The molecule has 3 nitrogen and oxygen atoms in total. The van der Waals surface area contributed by atoms with Crippen LogP contribution in [0.1, 0.15) is 0 Å². The summed E-state index contributed by atoms with van der Waals surface area (Å²) >= 11 is 0. The Hall–Kier alpha value is -2.68. The van der Waals surface area contributed by atoms with Gasteiger partial charge in [-0.1, -0.05) is 18.2 Å². The Morgan fingerprint density at radius 3 is 2.74 bits per heavy atom. The van der Waals surface area contributed by atoms with Crippen LogP contribution in [-0.2, 0) is 0 Å². The van der Waals surface area contributed by atoms with E-state index in [2.05, 4.69) is 9.97 Å². The number of H-pyrrole nitrogens is 1. The molecular weight excluding hydrogens is 236 g/mol. The lowest BCUT2D eigenvalue weighted by Crippen LogP contribution is -2.04. The largest absolute Gasteiger partial charge is 0.354 e. The first-order chi connectivity index (χ1) is 9.34. The summed E-state index contributed by atoms with van der Waals surface area (Å²) in [4.78, 5) is 20.0. The Labute approximate surface area is 108 Å². The fourth-order valence-corrected chi connectivity index (χ4v) is 2.56. The normalized spacial score (nSPS) is 11.4. The molecule has 0 fully saturated rings. The van der Waals surface area contributed by atoms with Crippen LogP contribution in [0.5, 0.6) is 0 Å². The topological polar surface area (TPSA) is 45.8 Å². The Morgan fingerprint density at radius 1 is 0.895 bits per heavy atom. The molecule has 0 aliphatic heterocycles. The van der Waals surface area contributed by atoms with Gasteiger partial charge < -0.3 is 4.98 Å². The van der Waals surface area contributed by atoms with Gasteiger partial charge in [0.15, 0.2) is 5.43 Å². The van der Waals surface area contributed by atoms with Gasteiger partial charge in [0.1, 0.15) is 0 Å². The number of rotatable bonds is 0. The van der Waals surface area contributed by atoms with E-state index in [4.69, 9.17) is 0 Å². The third-order valence-corrected chi connectivity index (χ3v) is 3.50. The highest BCUT2D eigenvalue weighted by Crippen LogP contribution is 2.23. The average Bonchev–Trinajstić information content (AvgIpc) is 2.47. The maximum atomic E-state index is 12.5. The Bertz CT molecular complexity index is 986. The average molecular weight is 246 g/mol. The number of nitrogens with one attached hydrogen (secondary N) is 1. The van der Waals surface area contributed by atoms with E-state index in [0.717, 1.165) is 32.6 Å². The highest BCUT2D eigenvalue weighted by atomic mass is 16.1. The van der Waals surface area contributed by atoms with E-state index in [1.54, 1.807) is 6.20 Å². The summed E-state index contributed by atoms with van der Waals surface area (Å²) in [6.45, 7) is 0. The first-order valence-corrected chi connectivity index (χ1v) is 6.12. The molecule has 90 valence electrons. The lowest BCUT2D eigenvalue weighted by atomic mass is 10.1. The lowest BCUT2D eigenvalue weighted by Gasteiger charge is -2.05. The molecular formula is C16H10N2O. The van der Waals surface area contributed by atoms with Crippen molar-refractivity contribution >= 4 is 32.6 Å². The minimum absolute atomic E-state index is 0.0723. The third kappa shape index (κ3) is 1.38. The van der Waals surface area contributed by atoms with Gasteiger partial charge in [-0.3, -0.25) is 9.78 Å². The van der Waals surface area contributed by atoms with Crippen molar-refractivity contribution in [3.8, 4) is 0 Å². The van der Waals surface area contributed by atoms with Crippen molar-refractivity contribution < 1.29 is 0 Å². The van der Waals surface area contributed by atoms with Crippen LogP contribution in [0.2, 0.25) is 0 Å². The summed E-state index contributed by atoms with van der Waals surface area (Å²) in [6, 6.07) is 13.3. The molecule has 0 radical (unpaired) electrons. The molecule has 2 aromatic carbocycles. The second-order valence-corrected chi connectivity index (χ2v) is 4.58. The molecule has 0 unspecified atom stereocenters. The maximum Gasteiger partial charge on any atom is 0.197 e. The SMILES string of the molecule is O=c1c2ccccc2[nH]c2c1ccc1cnccc12. The van der Waals surface area contributed by atoms with Crippen LogP contribution >= 0.6 is 0 Å². The molecule has 0 saturated heterocycles. The van der Waals surface area contributed by atoms with Gasteiger partial charge in [0.05, 0.1) is 5.52 Å². The van der Waals surface area contributed by atoms with Crippen LogP contribution in [-0.4, -0.2) is 9.97 Å². The maximum absolute atomic E-state index is 12.5. The van der Waals surface area contributed by atoms with Crippen molar-refractivity contribution in [2.24, 2.45) is 0 Å². The van der Waals surface area contributed by atoms with Gasteiger partial charge >= 0.3 is 0 Å². The van der Waals surface area contributed by atoms with Crippen LogP contribution in [0.4, 0.5) is 0 Å². The summed E-state index contributed by atoms with van der Waals surface area (Å²) in [5, 5.41) is 3.50. The zero-order valence-corrected chi connectivity index (χ0v) is 10.1. The predicted octanol–water partition coefficient (Wildman–Crippen LogP) is 3.23. The van der Waals surface area contributed by atoms with Gasteiger partial charge in [-0.25, -0.2) is 0 Å². The molecule has 3 heteroatoms. The number of hydrogen-bond donors (Lipinski definition) is 1. The van der Waals surface area contributed by atoms with Crippen molar-refractivity contribution in [1.29, 1.82) is 0 Å². The molecule has 2 aromatic heterocycles. The minimum Gasteiger partial charge on any atom is -0.354 e. The number of benzene rings is 2. The van der Waals surface area contributed by atoms with Gasteiger partial charge in [-0.15, -0.1) is 0 Å². The number of para-hydroxylation sites is 1. The van der Waals surface area contributed by atoms with Crippen LogP contribution in [0.25, 0.3) is 32.6 Å². The van der Waals surface area contributed by atoms with Crippen LogP contribution in [0.3, 0.4) is 0 Å². The predicted molar refractivity (Wildman–Crippen MR) is 77.4 cm³/mol.